The van der Waals surface area contributed by atoms with Crippen LogP contribution in [0, 0.1) is 0 Å². The highest BCUT2D eigenvalue weighted by atomic mass is 14.9. The number of aryl methyl sites for hydroxylation is 3. The number of unbranched alkanes of at least 4 members (excludes halogenated alkanes) is 10. The first-order chi connectivity index (χ1) is 12.3. The fraction of sp³-hybridized carbons (Fsp3) is 0.792. The molecule has 0 atom stereocenters. The maximum atomic E-state index is 2.46. The molecule has 0 amide bonds. The smallest absolute Gasteiger partial charge is 0.171 e. The van der Waals surface area contributed by atoms with Crippen LogP contribution in [0.5, 0.6) is 0 Å². The third-order valence-electron chi connectivity index (χ3n) is 5.13. The van der Waals surface area contributed by atoms with Crippen LogP contribution < -0.4 is 4.57 Å². The van der Waals surface area contributed by atoms with Gasteiger partial charge in [0.05, 0.1) is 0 Å². The van der Waals surface area contributed by atoms with Crippen molar-refractivity contribution in [1.29, 1.82) is 0 Å². The maximum absolute atomic E-state index is 2.46. The van der Waals surface area contributed by atoms with E-state index in [0.717, 1.165) is 0 Å². The number of hydrogen-bond donors (Lipinski definition) is 0. The molecule has 1 rings (SSSR count). The van der Waals surface area contributed by atoms with Gasteiger partial charge in [0.1, 0.15) is 6.54 Å². The highest BCUT2D eigenvalue weighted by Gasteiger charge is 2.07. The molecule has 0 saturated carbocycles. The standard InChI is InChI=1S/C24H44N/c1-4-7-8-9-10-11-12-13-14-15-16-19-25-21-23(17-5-2)20-24(22-25)18-6-3/h20-22H,4-19H2,1-3H3/q+1. The summed E-state index contributed by atoms with van der Waals surface area (Å²) in [5, 5.41) is 0. The quantitative estimate of drug-likeness (QED) is 0.220. The monoisotopic (exact) mass is 346 g/mol. The zero-order valence-electron chi connectivity index (χ0n) is 17.5. The molecule has 0 aromatic carbocycles. The summed E-state index contributed by atoms with van der Waals surface area (Å²) in [6, 6.07) is 2.42. The summed E-state index contributed by atoms with van der Waals surface area (Å²) in [4.78, 5) is 0. The molecule has 0 unspecified atom stereocenters. The van der Waals surface area contributed by atoms with Gasteiger partial charge in [0.15, 0.2) is 12.4 Å². The van der Waals surface area contributed by atoms with Crippen molar-refractivity contribution < 1.29 is 4.57 Å². The maximum Gasteiger partial charge on any atom is 0.171 e. The van der Waals surface area contributed by atoms with Gasteiger partial charge in [-0.1, -0.05) is 91.4 Å². The molecular formula is C24H44N+. The average Bonchev–Trinajstić information content (AvgIpc) is 2.60. The van der Waals surface area contributed by atoms with Gasteiger partial charge in [-0.25, -0.2) is 4.57 Å². The van der Waals surface area contributed by atoms with Gasteiger partial charge in [0.25, 0.3) is 0 Å². The molecule has 1 nitrogen and oxygen atoms in total. The van der Waals surface area contributed by atoms with Crippen molar-refractivity contribution in [2.45, 2.75) is 124 Å². The lowest BCUT2D eigenvalue weighted by molar-refractivity contribution is -0.698. The minimum absolute atomic E-state index is 1.20. The van der Waals surface area contributed by atoms with Crippen molar-refractivity contribution >= 4 is 0 Å². The van der Waals surface area contributed by atoms with Gasteiger partial charge in [-0.15, -0.1) is 0 Å². The van der Waals surface area contributed by atoms with E-state index in [0.29, 0.717) is 0 Å². The van der Waals surface area contributed by atoms with E-state index in [1.165, 1.54) is 114 Å². The molecule has 144 valence electrons. The van der Waals surface area contributed by atoms with Crippen molar-refractivity contribution in [1.82, 2.24) is 0 Å². The molecular weight excluding hydrogens is 302 g/mol. The second-order valence-electron chi connectivity index (χ2n) is 7.83. The number of hydrogen-bond acceptors (Lipinski definition) is 0. The fourth-order valence-electron chi connectivity index (χ4n) is 3.71. The molecule has 0 spiro atoms. The number of pyridine rings is 1. The summed E-state index contributed by atoms with van der Waals surface area (Å²) in [5.41, 5.74) is 3.05. The fourth-order valence-corrected chi connectivity index (χ4v) is 3.71. The minimum atomic E-state index is 1.20. The predicted molar refractivity (Wildman–Crippen MR) is 111 cm³/mol. The summed E-state index contributed by atoms with van der Waals surface area (Å²) in [6.07, 6.45) is 25.4. The van der Waals surface area contributed by atoms with Crippen molar-refractivity contribution in [2.24, 2.45) is 0 Å². The topological polar surface area (TPSA) is 3.88 Å². The van der Waals surface area contributed by atoms with Crippen LogP contribution in [-0.2, 0) is 19.4 Å². The van der Waals surface area contributed by atoms with Crippen molar-refractivity contribution in [2.75, 3.05) is 0 Å². The summed E-state index contributed by atoms with van der Waals surface area (Å²) in [6.45, 7) is 8.05. The second kappa shape index (κ2) is 15.4. The number of rotatable bonds is 16. The van der Waals surface area contributed by atoms with E-state index in [1.807, 2.05) is 0 Å². The van der Waals surface area contributed by atoms with Gasteiger partial charge in [-0.3, -0.25) is 0 Å². The molecule has 0 bridgehead atoms. The van der Waals surface area contributed by atoms with Crippen molar-refractivity contribution in [3.8, 4) is 0 Å². The van der Waals surface area contributed by atoms with Gasteiger partial charge < -0.3 is 0 Å². The Hall–Kier alpha value is -0.850. The van der Waals surface area contributed by atoms with Crippen LogP contribution in [0.15, 0.2) is 18.5 Å². The van der Waals surface area contributed by atoms with E-state index in [4.69, 9.17) is 0 Å². The highest BCUT2D eigenvalue weighted by molar-refractivity contribution is 5.15. The van der Waals surface area contributed by atoms with Gasteiger partial charge >= 0.3 is 0 Å². The molecule has 25 heavy (non-hydrogen) atoms. The molecule has 0 N–H and O–H groups in total. The summed E-state index contributed by atoms with van der Waals surface area (Å²) in [5.74, 6) is 0. The lowest BCUT2D eigenvalue weighted by Crippen LogP contribution is -2.34. The Balaban J connectivity index is 2.14. The lowest BCUT2D eigenvalue weighted by Gasteiger charge is -2.05. The van der Waals surface area contributed by atoms with Gasteiger partial charge in [0, 0.05) is 17.5 Å². The Labute approximate surface area is 158 Å². The Morgan fingerprint density at radius 3 is 1.44 bits per heavy atom. The highest BCUT2D eigenvalue weighted by Crippen LogP contribution is 2.11. The molecule has 0 fully saturated rings. The summed E-state index contributed by atoms with van der Waals surface area (Å²) in [7, 11) is 0. The molecule has 1 heteroatoms. The Morgan fingerprint density at radius 2 is 1.00 bits per heavy atom. The van der Waals surface area contributed by atoms with E-state index in [1.54, 1.807) is 0 Å². The molecule has 1 aromatic rings. The SMILES string of the molecule is CCCCCCCCCCCCC[n+]1cc(CCC)cc(CCC)c1. The Kier molecular flexibility index (Phi) is 13.7. The van der Waals surface area contributed by atoms with Crippen molar-refractivity contribution in [3.05, 3.63) is 29.6 Å². The predicted octanol–water partition coefficient (Wildman–Crippen LogP) is 7.19. The molecule has 1 heterocycles. The average molecular weight is 347 g/mol. The second-order valence-corrected chi connectivity index (χ2v) is 7.83. The Morgan fingerprint density at radius 1 is 0.560 bits per heavy atom. The van der Waals surface area contributed by atoms with E-state index in [2.05, 4.69) is 43.8 Å². The van der Waals surface area contributed by atoms with E-state index in [9.17, 15) is 0 Å². The molecule has 1 aromatic heterocycles. The molecule has 0 aliphatic carbocycles. The first kappa shape index (κ1) is 22.2. The van der Waals surface area contributed by atoms with Crippen LogP contribution in [-0.4, -0.2) is 0 Å². The van der Waals surface area contributed by atoms with E-state index in [-0.39, 0.29) is 0 Å². The molecule has 0 aliphatic heterocycles. The van der Waals surface area contributed by atoms with Crippen LogP contribution in [0.2, 0.25) is 0 Å². The molecule has 0 saturated heterocycles. The third-order valence-corrected chi connectivity index (χ3v) is 5.13. The van der Waals surface area contributed by atoms with E-state index >= 15 is 0 Å². The number of aromatic nitrogens is 1. The first-order valence-corrected chi connectivity index (χ1v) is 11.3. The number of nitrogens with zero attached hydrogens (tertiary/aromatic N) is 1. The normalized spacial score (nSPS) is 11.2. The largest absolute Gasteiger partial charge is 0.205 e. The molecule has 0 aliphatic rings. The van der Waals surface area contributed by atoms with E-state index < -0.39 is 0 Å². The van der Waals surface area contributed by atoms with Crippen LogP contribution in [0.1, 0.15) is 115 Å². The Bertz CT molecular complexity index is 400. The van der Waals surface area contributed by atoms with Gasteiger partial charge in [0.2, 0.25) is 0 Å². The van der Waals surface area contributed by atoms with Crippen LogP contribution in [0.25, 0.3) is 0 Å². The van der Waals surface area contributed by atoms with Crippen molar-refractivity contribution in [3.63, 3.8) is 0 Å². The summed E-state index contributed by atoms with van der Waals surface area (Å²) >= 11 is 0. The minimum Gasteiger partial charge on any atom is -0.205 e. The van der Waals surface area contributed by atoms with Crippen LogP contribution in [0.3, 0.4) is 0 Å². The third kappa shape index (κ3) is 11.4. The van der Waals surface area contributed by atoms with Gasteiger partial charge in [-0.2, -0.15) is 0 Å². The van der Waals surface area contributed by atoms with Crippen LogP contribution in [0.4, 0.5) is 0 Å². The molecule has 0 radical (unpaired) electrons. The van der Waals surface area contributed by atoms with Gasteiger partial charge in [-0.05, 0) is 25.3 Å². The first-order valence-electron chi connectivity index (χ1n) is 11.3. The summed E-state index contributed by atoms with van der Waals surface area (Å²) < 4.78 is 2.46. The van der Waals surface area contributed by atoms with Crippen LogP contribution >= 0.6 is 0 Å². The lowest BCUT2D eigenvalue weighted by atomic mass is 10.1. The zero-order valence-corrected chi connectivity index (χ0v) is 17.5. The zero-order chi connectivity index (χ0) is 18.2.